The highest BCUT2D eigenvalue weighted by molar-refractivity contribution is 5.97. The van der Waals surface area contributed by atoms with Gasteiger partial charge in [-0.3, -0.25) is 18.7 Å². The number of nitrogens with zero attached hydrogens (tertiary/aromatic N) is 7. The number of amides is 1. The molecule has 1 spiro atoms. The highest BCUT2D eigenvalue weighted by atomic mass is 16.5. The lowest BCUT2D eigenvalue weighted by Gasteiger charge is -2.51. The SMILES string of the molecule is Cn1c(=O)c2c(ncn2[C@@H]2COC3(CCN(C(=O)c4ccc5c(c4)ncn5C)CC3)C[C@@]2(C)O)n(C)c1=O. The van der Waals surface area contributed by atoms with Crippen LogP contribution in [0.2, 0.25) is 0 Å². The van der Waals surface area contributed by atoms with Crippen LogP contribution in [-0.2, 0) is 25.9 Å². The topological polar surface area (TPSA) is 129 Å². The number of piperidine rings is 1. The quantitative estimate of drug-likeness (QED) is 0.411. The minimum atomic E-state index is -1.21. The van der Waals surface area contributed by atoms with Gasteiger partial charge in [0.2, 0.25) is 0 Å². The number of likely N-dealkylation sites (tertiary alicyclic amines) is 1. The molecule has 0 aliphatic carbocycles. The first-order valence-electron chi connectivity index (χ1n) is 12.7. The van der Waals surface area contributed by atoms with Crippen molar-refractivity contribution in [2.75, 3.05) is 19.7 Å². The molecule has 3 aromatic heterocycles. The Hall–Kier alpha value is -3.77. The van der Waals surface area contributed by atoms with Gasteiger partial charge < -0.3 is 23.9 Å². The first-order valence-corrected chi connectivity index (χ1v) is 12.7. The summed E-state index contributed by atoms with van der Waals surface area (Å²) in [6.45, 7) is 2.95. The van der Waals surface area contributed by atoms with Crippen molar-refractivity contribution < 1.29 is 14.6 Å². The Labute approximate surface area is 217 Å². The number of benzene rings is 1. The maximum atomic E-state index is 13.2. The molecule has 0 bridgehead atoms. The number of aromatic nitrogens is 6. The zero-order chi connectivity index (χ0) is 27.0. The molecule has 0 radical (unpaired) electrons. The van der Waals surface area contributed by atoms with E-state index in [9.17, 15) is 19.5 Å². The van der Waals surface area contributed by atoms with Crippen molar-refractivity contribution in [2.45, 2.75) is 43.4 Å². The van der Waals surface area contributed by atoms with E-state index in [4.69, 9.17) is 4.74 Å². The maximum absolute atomic E-state index is 13.2. The average molecular weight is 522 g/mol. The van der Waals surface area contributed by atoms with E-state index in [0.29, 0.717) is 37.9 Å². The molecular formula is C26H31N7O5. The number of fused-ring (bicyclic) bond motifs is 2. The molecule has 1 amide bonds. The molecule has 200 valence electrons. The standard InChI is InChI=1S/C26H31N7O5/c1-25(37)13-26(38-12-19(25)33-15-28-21-20(33)23(35)31(4)24(36)30(21)3)7-9-32(10-8-26)22(34)16-5-6-18-17(11-16)27-14-29(18)2/h5-6,11,14-15,19,37H,7-10,12-13H2,1-4H3/t19-,25-/m1/s1. The Bertz CT molecular complexity index is 1700. The molecule has 12 heteroatoms. The molecule has 1 N–H and O–H groups in total. The first kappa shape index (κ1) is 24.6. The third kappa shape index (κ3) is 3.62. The second kappa shape index (κ2) is 8.37. The van der Waals surface area contributed by atoms with Gasteiger partial charge in [-0.1, -0.05) is 0 Å². The van der Waals surface area contributed by atoms with Crippen LogP contribution in [0.3, 0.4) is 0 Å². The van der Waals surface area contributed by atoms with E-state index in [0.717, 1.165) is 15.6 Å². The Balaban J connectivity index is 1.20. The number of rotatable bonds is 2. The predicted molar refractivity (Wildman–Crippen MR) is 139 cm³/mol. The normalized spacial score (nSPS) is 23.5. The van der Waals surface area contributed by atoms with Gasteiger partial charge in [-0.25, -0.2) is 14.8 Å². The summed E-state index contributed by atoms with van der Waals surface area (Å²) < 4.78 is 12.3. The average Bonchev–Trinajstić information content (AvgIpc) is 3.49. The van der Waals surface area contributed by atoms with Gasteiger partial charge in [-0.15, -0.1) is 0 Å². The Morgan fingerprint density at radius 3 is 2.53 bits per heavy atom. The van der Waals surface area contributed by atoms with Crippen molar-refractivity contribution in [1.29, 1.82) is 0 Å². The highest BCUT2D eigenvalue weighted by Gasteiger charge is 2.50. The second-order valence-electron chi connectivity index (χ2n) is 10.9. The molecule has 2 aliphatic heterocycles. The van der Waals surface area contributed by atoms with Gasteiger partial charge in [0.05, 0.1) is 47.5 Å². The van der Waals surface area contributed by atoms with Crippen LogP contribution in [0, 0.1) is 0 Å². The number of ether oxygens (including phenoxy) is 1. The van der Waals surface area contributed by atoms with Crippen LogP contribution >= 0.6 is 0 Å². The molecule has 4 aromatic rings. The Morgan fingerprint density at radius 2 is 1.82 bits per heavy atom. The van der Waals surface area contributed by atoms with Crippen molar-refractivity contribution in [3.63, 3.8) is 0 Å². The van der Waals surface area contributed by atoms with E-state index < -0.39 is 28.5 Å². The molecule has 0 saturated carbocycles. The fourth-order valence-electron chi connectivity index (χ4n) is 6.13. The molecule has 1 aromatic carbocycles. The molecule has 12 nitrogen and oxygen atoms in total. The summed E-state index contributed by atoms with van der Waals surface area (Å²) in [6.07, 6.45) is 4.75. The highest BCUT2D eigenvalue weighted by Crippen LogP contribution is 2.44. The van der Waals surface area contributed by atoms with Crippen LogP contribution in [0.5, 0.6) is 0 Å². The van der Waals surface area contributed by atoms with E-state index in [1.807, 2.05) is 34.7 Å². The van der Waals surface area contributed by atoms with Gasteiger partial charge >= 0.3 is 5.69 Å². The smallest absolute Gasteiger partial charge is 0.332 e. The van der Waals surface area contributed by atoms with Crippen molar-refractivity contribution in [3.05, 3.63) is 57.3 Å². The van der Waals surface area contributed by atoms with Crippen LogP contribution in [0.15, 0.2) is 40.4 Å². The number of carbonyl (C=O) groups excluding carboxylic acids is 1. The lowest BCUT2D eigenvalue weighted by molar-refractivity contribution is -0.194. The summed E-state index contributed by atoms with van der Waals surface area (Å²) in [7, 11) is 4.91. The zero-order valence-corrected chi connectivity index (χ0v) is 21.9. The summed E-state index contributed by atoms with van der Waals surface area (Å²) in [5.41, 5.74) is 0.176. The largest absolute Gasteiger partial charge is 0.388 e. The number of hydrogen-bond acceptors (Lipinski definition) is 7. The van der Waals surface area contributed by atoms with E-state index in [2.05, 4.69) is 9.97 Å². The molecule has 2 atom stereocenters. The van der Waals surface area contributed by atoms with Gasteiger partial charge in [0.1, 0.15) is 0 Å². The fraction of sp³-hybridized carbons (Fsp3) is 0.500. The lowest BCUT2D eigenvalue weighted by atomic mass is 9.75. The van der Waals surface area contributed by atoms with Gasteiger partial charge in [0.25, 0.3) is 11.5 Å². The van der Waals surface area contributed by atoms with Gasteiger partial charge in [-0.2, -0.15) is 0 Å². The summed E-state index contributed by atoms with van der Waals surface area (Å²) in [6, 6.07) is 5.00. The molecule has 38 heavy (non-hydrogen) atoms. The third-order valence-corrected chi connectivity index (χ3v) is 8.39. The minimum absolute atomic E-state index is 0.0424. The number of aryl methyl sites for hydroxylation is 2. The molecule has 0 unspecified atom stereocenters. The van der Waals surface area contributed by atoms with E-state index in [1.165, 1.54) is 17.9 Å². The predicted octanol–water partition coefficient (Wildman–Crippen LogP) is 0.708. The first-order chi connectivity index (χ1) is 18.0. The van der Waals surface area contributed by atoms with Crippen LogP contribution in [0.1, 0.15) is 42.6 Å². The van der Waals surface area contributed by atoms with E-state index >= 15 is 0 Å². The second-order valence-corrected chi connectivity index (χ2v) is 10.9. The summed E-state index contributed by atoms with van der Waals surface area (Å²) >= 11 is 0. The Kier molecular flexibility index (Phi) is 5.41. The van der Waals surface area contributed by atoms with Crippen LogP contribution in [0.25, 0.3) is 22.2 Å². The van der Waals surface area contributed by atoms with Crippen molar-refractivity contribution >= 4 is 28.1 Å². The monoisotopic (exact) mass is 521 g/mol. The van der Waals surface area contributed by atoms with E-state index in [1.54, 1.807) is 24.9 Å². The summed E-state index contributed by atoms with van der Waals surface area (Å²) in [4.78, 5) is 49.0. The number of carbonyl (C=O) groups is 1. The third-order valence-electron chi connectivity index (χ3n) is 8.39. The number of hydrogen-bond donors (Lipinski definition) is 1. The van der Waals surface area contributed by atoms with Crippen molar-refractivity contribution in [2.24, 2.45) is 21.1 Å². The Morgan fingerprint density at radius 1 is 1.08 bits per heavy atom. The zero-order valence-electron chi connectivity index (χ0n) is 21.9. The lowest BCUT2D eigenvalue weighted by Crippen LogP contribution is -2.58. The van der Waals surface area contributed by atoms with Crippen molar-refractivity contribution in [3.8, 4) is 0 Å². The molecule has 2 saturated heterocycles. The van der Waals surface area contributed by atoms with Gasteiger partial charge in [0.15, 0.2) is 11.2 Å². The van der Waals surface area contributed by atoms with Crippen molar-refractivity contribution in [1.82, 2.24) is 33.1 Å². The number of aliphatic hydroxyl groups is 1. The molecular weight excluding hydrogens is 490 g/mol. The fourth-order valence-corrected chi connectivity index (χ4v) is 6.13. The molecule has 2 fully saturated rings. The summed E-state index contributed by atoms with van der Waals surface area (Å²) in [5.74, 6) is -0.0424. The summed E-state index contributed by atoms with van der Waals surface area (Å²) in [5, 5.41) is 11.6. The maximum Gasteiger partial charge on any atom is 0.332 e. The molecule has 6 rings (SSSR count). The molecule has 2 aliphatic rings. The van der Waals surface area contributed by atoms with Gasteiger partial charge in [0, 0.05) is 46.2 Å². The minimum Gasteiger partial charge on any atom is -0.388 e. The number of imidazole rings is 2. The van der Waals surface area contributed by atoms with Crippen LogP contribution in [-0.4, -0.2) is 75.0 Å². The van der Waals surface area contributed by atoms with Gasteiger partial charge in [-0.05, 0) is 38.0 Å². The molecule has 5 heterocycles. The van der Waals surface area contributed by atoms with E-state index in [-0.39, 0.29) is 23.7 Å². The van der Waals surface area contributed by atoms with Crippen LogP contribution in [0.4, 0.5) is 0 Å². The van der Waals surface area contributed by atoms with Crippen LogP contribution < -0.4 is 11.2 Å².